The van der Waals surface area contributed by atoms with E-state index in [0.717, 1.165) is 0 Å². The molecule has 41 heavy (non-hydrogen) atoms. The van der Waals surface area contributed by atoms with Crippen LogP contribution in [0.15, 0.2) is 35.4 Å². The van der Waals surface area contributed by atoms with Gasteiger partial charge in [-0.3, -0.25) is 0 Å². The van der Waals surface area contributed by atoms with Gasteiger partial charge in [0.15, 0.2) is 0 Å². The van der Waals surface area contributed by atoms with Gasteiger partial charge in [-0.05, 0) is 0 Å². The van der Waals surface area contributed by atoms with Crippen LogP contribution in [0.5, 0.6) is 0 Å². The molecule has 1 saturated heterocycles. The molecule has 0 N–H and O–H groups in total. The van der Waals surface area contributed by atoms with Crippen LogP contribution in [0.3, 0.4) is 0 Å². The summed E-state index contributed by atoms with van der Waals surface area (Å²) < 4.78 is 29.4. The van der Waals surface area contributed by atoms with Gasteiger partial charge in [0.25, 0.3) is 0 Å². The van der Waals surface area contributed by atoms with Crippen LogP contribution in [-0.4, -0.2) is 75.9 Å². The average Bonchev–Trinajstić information content (AvgIpc) is 2.80. The Balaban J connectivity index is 2.69. The van der Waals surface area contributed by atoms with Crippen LogP contribution in [0.1, 0.15) is 62.3 Å². The molecular formula is C30H57N3O4SeSi3. The first-order valence-corrected chi connectivity index (χ1v) is 25.4. The Hall–Kier alpha value is -0.460. The number of rotatable bonds is 10. The summed E-state index contributed by atoms with van der Waals surface area (Å²) in [5.74, 6) is 0. The minimum atomic E-state index is -2.30. The summed E-state index contributed by atoms with van der Waals surface area (Å²) in [5.41, 5.74) is 9.81. The van der Waals surface area contributed by atoms with Crippen LogP contribution in [0.4, 0.5) is 0 Å². The van der Waals surface area contributed by atoms with Crippen LogP contribution in [-0.2, 0) is 18.0 Å². The summed E-state index contributed by atoms with van der Waals surface area (Å²) in [7, 11) is -6.65. The molecule has 0 unspecified atom stereocenters. The molecule has 11 heteroatoms. The van der Waals surface area contributed by atoms with Crippen molar-refractivity contribution in [2.45, 2.75) is 146 Å². The summed E-state index contributed by atoms with van der Waals surface area (Å²) in [4.78, 5) is 3.34. The van der Waals surface area contributed by atoms with Crippen molar-refractivity contribution >= 4 is 44.4 Å². The number of hydrogen-bond acceptors (Lipinski definition) is 5. The van der Waals surface area contributed by atoms with Crippen LogP contribution < -0.4 is 4.46 Å². The Morgan fingerprint density at radius 1 is 0.780 bits per heavy atom. The number of hydrogen-bond donors (Lipinski definition) is 0. The molecule has 1 heterocycles. The molecule has 0 bridgehead atoms. The van der Waals surface area contributed by atoms with E-state index in [1.165, 1.54) is 4.46 Å². The van der Waals surface area contributed by atoms with Gasteiger partial charge < -0.3 is 0 Å². The molecular weight excluding hydrogens is 630 g/mol. The second-order valence-electron chi connectivity index (χ2n) is 15.9. The third-order valence-corrected chi connectivity index (χ3v) is 25.6. The number of ether oxygens (including phenoxy) is 1. The maximum atomic E-state index is 9.81. The summed E-state index contributed by atoms with van der Waals surface area (Å²) in [6, 6.07) is 9.86. The molecule has 1 aromatic rings. The van der Waals surface area contributed by atoms with Gasteiger partial charge in [-0.1, -0.05) is 0 Å². The molecule has 1 aliphatic rings. The van der Waals surface area contributed by atoms with Gasteiger partial charge in [0, 0.05) is 0 Å². The van der Waals surface area contributed by atoms with Gasteiger partial charge in [-0.15, -0.1) is 0 Å². The zero-order valence-electron chi connectivity index (χ0n) is 28.4. The second kappa shape index (κ2) is 13.3. The van der Waals surface area contributed by atoms with Crippen LogP contribution in [0.25, 0.3) is 10.4 Å². The molecule has 2 rings (SSSR count). The molecule has 1 aromatic carbocycles. The van der Waals surface area contributed by atoms with Crippen molar-refractivity contribution in [2.75, 3.05) is 6.61 Å². The maximum absolute atomic E-state index is 9.81. The van der Waals surface area contributed by atoms with Gasteiger partial charge in [-0.2, -0.15) is 0 Å². The number of benzene rings is 1. The third kappa shape index (κ3) is 9.27. The van der Waals surface area contributed by atoms with E-state index in [0.29, 0.717) is 6.61 Å². The molecule has 5 atom stereocenters. The molecule has 0 amide bonds. The van der Waals surface area contributed by atoms with E-state index in [-0.39, 0.29) is 41.2 Å². The number of azide groups is 1. The monoisotopic (exact) mass is 687 g/mol. The fourth-order valence-corrected chi connectivity index (χ4v) is 9.77. The summed E-state index contributed by atoms with van der Waals surface area (Å²) in [6.45, 7) is 34.3. The van der Waals surface area contributed by atoms with Crippen molar-refractivity contribution in [1.29, 1.82) is 0 Å². The normalized spacial score (nSPS) is 25.1. The predicted octanol–water partition coefficient (Wildman–Crippen LogP) is 8.22. The first-order valence-electron chi connectivity index (χ1n) is 14.8. The first kappa shape index (κ1) is 36.7. The van der Waals surface area contributed by atoms with Crippen LogP contribution in [0.2, 0.25) is 54.4 Å². The molecule has 0 aliphatic carbocycles. The molecule has 7 nitrogen and oxygen atoms in total. The van der Waals surface area contributed by atoms with E-state index in [4.69, 9.17) is 18.0 Å². The second-order valence-corrected chi connectivity index (χ2v) is 32.7. The topological polar surface area (TPSA) is 85.7 Å². The van der Waals surface area contributed by atoms with Crippen molar-refractivity contribution in [3.63, 3.8) is 0 Å². The zero-order valence-corrected chi connectivity index (χ0v) is 33.1. The summed E-state index contributed by atoms with van der Waals surface area (Å²) >= 11 is -0.105. The van der Waals surface area contributed by atoms with E-state index >= 15 is 0 Å². The Kier molecular flexibility index (Phi) is 11.9. The van der Waals surface area contributed by atoms with Crippen molar-refractivity contribution in [2.24, 2.45) is 5.11 Å². The first-order chi connectivity index (χ1) is 18.4. The van der Waals surface area contributed by atoms with E-state index in [9.17, 15) is 5.53 Å². The quantitative estimate of drug-likeness (QED) is 0.107. The molecule has 0 radical (unpaired) electrons. The Labute approximate surface area is 260 Å². The Morgan fingerprint density at radius 2 is 1.24 bits per heavy atom. The van der Waals surface area contributed by atoms with Gasteiger partial charge in [0.2, 0.25) is 0 Å². The minimum absolute atomic E-state index is 0.0157. The average molecular weight is 687 g/mol. The van der Waals surface area contributed by atoms with Crippen LogP contribution in [0, 0.1) is 0 Å². The van der Waals surface area contributed by atoms with Crippen molar-refractivity contribution in [3.8, 4) is 0 Å². The molecule has 1 fully saturated rings. The Bertz CT molecular complexity index is 1050. The SMILES string of the molecule is CC(C)(C)[Si](C)(C)OC[C@H]1O[C@H]([Se]c2ccccc2)[C@H](N=[N+]=[N-])[C@@H](O[Si](C)(C)C(C)(C)C)[C@H]1O[Si](C)(C)C(C)(C)C. The van der Waals surface area contributed by atoms with E-state index in [2.05, 4.69) is 124 Å². The Morgan fingerprint density at radius 3 is 1.68 bits per heavy atom. The molecule has 0 saturated carbocycles. The number of nitrogens with zero attached hydrogens (tertiary/aromatic N) is 3. The standard InChI is InChI=1S/C30H57N3O4SeSi3/c1-28(2,3)39(10,11)34-21-23-25(36-40(12,13)29(4,5)6)26(37-41(14,15)30(7,8)9)24(32-33-31)27(35-23)38-22-19-17-16-18-20-22/h16-20,23-27H,21H2,1-15H3/t23-,24-,25+,26-,27-/m1/s1. The van der Waals surface area contributed by atoms with Gasteiger partial charge >= 0.3 is 261 Å². The third-order valence-electron chi connectivity index (χ3n) is 9.68. The molecule has 1 aliphatic heterocycles. The molecule has 0 spiro atoms. The van der Waals surface area contributed by atoms with E-state index in [1.54, 1.807) is 0 Å². The van der Waals surface area contributed by atoms with Crippen molar-refractivity contribution in [1.82, 2.24) is 0 Å². The van der Waals surface area contributed by atoms with E-state index < -0.39 is 43.2 Å². The fourth-order valence-electron chi connectivity index (χ4n) is 3.76. The molecule has 0 aromatic heterocycles. The van der Waals surface area contributed by atoms with Gasteiger partial charge in [0.1, 0.15) is 0 Å². The summed E-state index contributed by atoms with van der Waals surface area (Å²) in [5, 5.41) is 4.13. The summed E-state index contributed by atoms with van der Waals surface area (Å²) in [6.07, 6.45) is -1.18. The molecule has 234 valence electrons. The van der Waals surface area contributed by atoms with Gasteiger partial charge in [0.05, 0.1) is 0 Å². The van der Waals surface area contributed by atoms with Crippen molar-refractivity contribution < 1.29 is 18.0 Å². The predicted molar refractivity (Wildman–Crippen MR) is 181 cm³/mol. The zero-order chi connectivity index (χ0) is 31.7. The van der Waals surface area contributed by atoms with Crippen molar-refractivity contribution in [3.05, 3.63) is 40.8 Å². The van der Waals surface area contributed by atoms with Gasteiger partial charge in [-0.25, -0.2) is 0 Å². The van der Waals surface area contributed by atoms with E-state index in [1.807, 2.05) is 18.2 Å². The van der Waals surface area contributed by atoms with Crippen LogP contribution >= 0.6 is 0 Å². The fraction of sp³-hybridized carbons (Fsp3) is 0.800.